The number of hydrogen-bond donors (Lipinski definition) is 1. The predicted molar refractivity (Wildman–Crippen MR) is 86.9 cm³/mol. The molecule has 118 valence electrons. The van der Waals surface area contributed by atoms with Crippen molar-refractivity contribution in [3.05, 3.63) is 35.9 Å². The molecule has 0 radical (unpaired) electrons. The van der Waals surface area contributed by atoms with Gasteiger partial charge in [0.2, 0.25) is 6.43 Å². The van der Waals surface area contributed by atoms with Gasteiger partial charge in [-0.3, -0.25) is 0 Å². The summed E-state index contributed by atoms with van der Waals surface area (Å²) in [6, 6.07) is 10.4. The second-order valence-corrected chi connectivity index (χ2v) is 8.16. The van der Waals surface area contributed by atoms with Crippen molar-refractivity contribution < 1.29 is 8.78 Å². The molecule has 4 saturated carbocycles. The van der Waals surface area contributed by atoms with Gasteiger partial charge in [0.1, 0.15) is 0 Å². The first-order valence-electron chi connectivity index (χ1n) is 8.09. The molecule has 0 spiro atoms. The Kier molecular flexibility index (Phi) is 3.13. The van der Waals surface area contributed by atoms with Crippen LogP contribution in [-0.2, 0) is 5.41 Å². The highest BCUT2D eigenvalue weighted by molar-refractivity contribution is 7.80. The summed E-state index contributed by atoms with van der Waals surface area (Å²) >= 11 is 5.38. The summed E-state index contributed by atoms with van der Waals surface area (Å²) < 4.78 is 27.1. The lowest BCUT2D eigenvalue weighted by molar-refractivity contribution is -0.130. The van der Waals surface area contributed by atoms with Gasteiger partial charge in [-0.2, -0.15) is 0 Å². The molecule has 0 aromatic heterocycles. The smallest absolute Gasteiger partial charge is 0.241 e. The van der Waals surface area contributed by atoms with Crippen molar-refractivity contribution in [2.24, 2.45) is 28.9 Å². The average Bonchev–Trinajstić information content (AvgIpc) is 2.46. The van der Waals surface area contributed by atoms with Gasteiger partial charge in [0.15, 0.2) is 0 Å². The molecule has 4 unspecified atom stereocenters. The second kappa shape index (κ2) is 4.73. The number of benzene rings is 1. The van der Waals surface area contributed by atoms with Crippen molar-refractivity contribution in [1.82, 2.24) is 0 Å². The maximum atomic E-state index is 13.6. The van der Waals surface area contributed by atoms with Crippen LogP contribution >= 0.6 is 12.2 Å². The highest BCUT2D eigenvalue weighted by Crippen LogP contribution is 2.68. The monoisotopic (exact) mass is 321 g/mol. The Labute approximate surface area is 135 Å². The lowest BCUT2D eigenvalue weighted by atomic mass is 9.40. The van der Waals surface area contributed by atoms with Crippen LogP contribution in [0.3, 0.4) is 0 Å². The zero-order chi connectivity index (χ0) is 15.5. The van der Waals surface area contributed by atoms with Crippen molar-refractivity contribution in [3.63, 3.8) is 0 Å². The van der Waals surface area contributed by atoms with Crippen LogP contribution in [0.15, 0.2) is 30.3 Å². The molecule has 0 aliphatic heterocycles. The minimum absolute atomic E-state index is 0.00190. The molecule has 4 bridgehead atoms. The van der Waals surface area contributed by atoms with Crippen molar-refractivity contribution >= 4 is 17.2 Å². The van der Waals surface area contributed by atoms with Crippen LogP contribution in [0.5, 0.6) is 0 Å². The molecule has 4 aliphatic rings. The zero-order valence-electron chi connectivity index (χ0n) is 12.5. The van der Waals surface area contributed by atoms with E-state index in [1.807, 2.05) is 18.2 Å². The van der Waals surface area contributed by atoms with Gasteiger partial charge in [-0.1, -0.05) is 42.5 Å². The SMILES string of the molecule is NC(=S)C12CC3CC(c4ccccc4)(C[C@H](C1)C3C(F)F)C2. The summed E-state index contributed by atoms with van der Waals surface area (Å²) in [4.78, 5) is 0.551. The van der Waals surface area contributed by atoms with Gasteiger partial charge >= 0.3 is 0 Å². The van der Waals surface area contributed by atoms with Crippen LogP contribution in [-0.4, -0.2) is 11.4 Å². The van der Waals surface area contributed by atoms with Gasteiger partial charge in [0.25, 0.3) is 0 Å². The molecule has 0 saturated heterocycles. The number of halogens is 2. The van der Waals surface area contributed by atoms with E-state index in [1.165, 1.54) is 5.56 Å². The molecule has 4 aliphatic carbocycles. The third-order valence-corrected chi connectivity index (χ3v) is 7.01. The van der Waals surface area contributed by atoms with E-state index in [9.17, 15) is 8.78 Å². The average molecular weight is 321 g/mol. The molecule has 2 N–H and O–H groups in total. The van der Waals surface area contributed by atoms with E-state index in [1.54, 1.807) is 0 Å². The van der Waals surface area contributed by atoms with E-state index in [-0.39, 0.29) is 22.7 Å². The quantitative estimate of drug-likeness (QED) is 0.840. The second-order valence-electron chi connectivity index (χ2n) is 7.72. The summed E-state index contributed by atoms with van der Waals surface area (Å²) in [5.74, 6) is -0.342. The van der Waals surface area contributed by atoms with Gasteiger partial charge in [-0.05, 0) is 54.9 Å². The summed E-state index contributed by atoms with van der Waals surface area (Å²) in [6.45, 7) is 0. The lowest BCUT2D eigenvalue weighted by Gasteiger charge is -2.64. The van der Waals surface area contributed by atoms with E-state index in [0.29, 0.717) is 4.99 Å². The normalized spacial score (nSPS) is 42.8. The van der Waals surface area contributed by atoms with E-state index in [0.717, 1.165) is 32.1 Å². The predicted octanol–water partition coefficient (Wildman–Crippen LogP) is 4.30. The van der Waals surface area contributed by atoms with Gasteiger partial charge in [0, 0.05) is 11.3 Å². The highest BCUT2D eigenvalue weighted by Gasteiger charge is 2.63. The summed E-state index contributed by atoms with van der Waals surface area (Å²) in [5.41, 5.74) is 7.19. The standard InChI is InChI=1S/C18H21F2NS/c19-15(20)14-11-6-17(13-4-2-1-3-5-13)7-12(14)9-18(8-11,10-17)16(21)22/h1-5,11-12,14-15H,6-10H2,(H2,21,22)/t11-,12?,14?,17?,18?/m1/s1. The lowest BCUT2D eigenvalue weighted by Crippen LogP contribution is -2.62. The summed E-state index contributed by atoms with van der Waals surface area (Å²) in [7, 11) is 0. The molecule has 1 aromatic carbocycles. The van der Waals surface area contributed by atoms with E-state index < -0.39 is 12.3 Å². The maximum absolute atomic E-state index is 13.6. The number of hydrogen-bond acceptors (Lipinski definition) is 1. The number of rotatable bonds is 3. The molecule has 1 aromatic rings. The van der Waals surface area contributed by atoms with Crippen LogP contribution in [0.4, 0.5) is 8.78 Å². The third-order valence-electron chi connectivity index (χ3n) is 6.58. The Morgan fingerprint density at radius 2 is 1.68 bits per heavy atom. The fourth-order valence-corrected chi connectivity index (χ4v) is 6.25. The van der Waals surface area contributed by atoms with Crippen LogP contribution < -0.4 is 5.73 Å². The molecular weight excluding hydrogens is 300 g/mol. The summed E-state index contributed by atoms with van der Waals surface area (Å²) in [5, 5.41) is 0. The molecule has 0 heterocycles. The Balaban J connectivity index is 1.79. The molecule has 1 nitrogen and oxygen atoms in total. The Hall–Kier alpha value is -1.03. The fraction of sp³-hybridized carbons (Fsp3) is 0.611. The minimum Gasteiger partial charge on any atom is -0.393 e. The van der Waals surface area contributed by atoms with Gasteiger partial charge in [-0.15, -0.1) is 0 Å². The molecule has 4 fully saturated rings. The van der Waals surface area contributed by atoms with Crippen LogP contribution in [0, 0.1) is 23.2 Å². The zero-order valence-corrected chi connectivity index (χ0v) is 13.3. The first-order chi connectivity index (χ1) is 10.5. The first-order valence-corrected chi connectivity index (χ1v) is 8.50. The number of thiocarbonyl (C=S) groups is 1. The van der Waals surface area contributed by atoms with Crippen LogP contribution in [0.2, 0.25) is 0 Å². The van der Waals surface area contributed by atoms with Crippen molar-refractivity contribution in [2.75, 3.05) is 0 Å². The third kappa shape index (κ3) is 1.89. The van der Waals surface area contributed by atoms with Crippen molar-refractivity contribution in [2.45, 2.75) is 43.9 Å². The Morgan fingerprint density at radius 1 is 1.09 bits per heavy atom. The summed E-state index contributed by atoms with van der Waals surface area (Å²) in [6.07, 6.45) is 2.00. The maximum Gasteiger partial charge on any atom is 0.241 e. The first kappa shape index (κ1) is 14.6. The number of alkyl halides is 2. The van der Waals surface area contributed by atoms with E-state index >= 15 is 0 Å². The van der Waals surface area contributed by atoms with Gasteiger partial charge < -0.3 is 5.73 Å². The van der Waals surface area contributed by atoms with Gasteiger partial charge in [0.05, 0.1) is 4.99 Å². The molecule has 22 heavy (non-hydrogen) atoms. The molecule has 5 atom stereocenters. The molecule has 5 rings (SSSR count). The van der Waals surface area contributed by atoms with E-state index in [2.05, 4.69) is 12.1 Å². The Bertz CT molecular complexity index is 584. The topological polar surface area (TPSA) is 26.0 Å². The minimum atomic E-state index is -2.22. The highest BCUT2D eigenvalue weighted by atomic mass is 32.1. The number of nitrogens with two attached hydrogens (primary N) is 1. The van der Waals surface area contributed by atoms with E-state index in [4.69, 9.17) is 18.0 Å². The largest absolute Gasteiger partial charge is 0.393 e. The van der Waals surface area contributed by atoms with Crippen molar-refractivity contribution in [1.29, 1.82) is 0 Å². The molecular formula is C18H21F2NS. The van der Waals surface area contributed by atoms with Crippen LogP contribution in [0.25, 0.3) is 0 Å². The Morgan fingerprint density at radius 3 is 2.18 bits per heavy atom. The van der Waals surface area contributed by atoms with Crippen LogP contribution in [0.1, 0.15) is 37.7 Å². The molecule has 4 heteroatoms. The van der Waals surface area contributed by atoms with Crippen molar-refractivity contribution in [3.8, 4) is 0 Å². The molecule has 0 amide bonds. The fourth-order valence-electron chi connectivity index (χ4n) is 6.01. The van der Waals surface area contributed by atoms with Gasteiger partial charge in [-0.25, -0.2) is 8.78 Å².